The Morgan fingerprint density at radius 3 is 2.60 bits per heavy atom. The van der Waals surface area contributed by atoms with E-state index >= 15 is 0 Å². The van der Waals surface area contributed by atoms with Crippen LogP contribution in [0.5, 0.6) is 5.75 Å². The molecule has 5 aliphatic rings. The first-order valence-corrected chi connectivity index (χ1v) is 20.2. The molecule has 2 fully saturated rings. The Morgan fingerprint density at radius 2 is 1.85 bits per heavy atom. The largest absolute Gasteiger partial charge is 0.490 e. The van der Waals surface area contributed by atoms with Crippen LogP contribution in [0.2, 0.25) is 5.02 Å². The summed E-state index contributed by atoms with van der Waals surface area (Å²) >= 11 is 6.44. The minimum absolute atomic E-state index is 0.0104. The molecule has 2 bridgehead atoms. The Kier molecular flexibility index (Phi) is 10.4. The lowest BCUT2D eigenvalue weighted by Gasteiger charge is -2.45. The second-order valence-electron chi connectivity index (χ2n) is 15.4. The number of piperidine rings is 1. The average Bonchev–Trinajstić information content (AvgIpc) is 3.24. The van der Waals surface area contributed by atoms with Crippen LogP contribution in [0, 0.1) is 11.8 Å². The molecule has 5 atom stereocenters. The molecule has 1 unspecified atom stereocenters. The van der Waals surface area contributed by atoms with Gasteiger partial charge in [-0.25, -0.2) is 4.72 Å². The van der Waals surface area contributed by atoms with E-state index in [0.717, 1.165) is 36.4 Å². The van der Waals surface area contributed by atoms with Crippen molar-refractivity contribution in [3.05, 3.63) is 70.3 Å². The van der Waals surface area contributed by atoms with Gasteiger partial charge in [0.25, 0.3) is 5.91 Å². The Labute approximate surface area is 310 Å². The van der Waals surface area contributed by atoms with E-state index < -0.39 is 51.7 Å². The lowest BCUT2D eigenvalue weighted by molar-refractivity contribution is -0.148. The van der Waals surface area contributed by atoms with Gasteiger partial charge in [-0.2, -0.15) is 12.7 Å². The lowest BCUT2D eigenvalue weighted by Crippen LogP contribution is -2.54. The number of carbonyl (C=O) groups is 2. The number of nitrogens with one attached hydrogen (secondary N) is 1. The summed E-state index contributed by atoms with van der Waals surface area (Å²) in [6, 6.07) is 10.9. The number of halogens is 1. The molecule has 1 saturated heterocycles. The topological polar surface area (TPSA) is 160 Å². The highest BCUT2D eigenvalue weighted by molar-refractivity contribution is 7.87. The molecule has 2 aliphatic carbocycles. The first kappa shape index (κ1) is 37.1. The van der Waals surface area contributed by atoms with Gasteiger partial charge in [-0.15, -0.1) is 0 Å². The quantitative estimate of drug-likeness (QED) is 0.346. The number of amides is 2. The number of aryl methyl sites for hydroxylation is 1. The Bertz CT molecular complexity index is 1830. The summed E-state index contributed by atoms with van der Waals surface area (Å²) < 4.78 is 36.6. The van der Waals surface area contributed by atoms with E-state index in [1.807, 2.05) is 18.2 Å². The SMILES string of the molecule is CN1CC/C=C/[C@H](O)[C@@H]2CC[C@H]2CN2C[C@@]3(CCCc4cc(Cl)ccc43)COc3ccc(cc32)C(O)(C(=O)NS(=O)(=O)N2CCC(O)CC2)CC1=O. The van der Waals surface area contributed by atoms with Crippen LogP contribution in [0.25, 0.3) is 0 Å². The van der Waals surface area contributed by atoms with E-state index in [1.54, 1.807) is 25.3 Å². The maximum atomic E-state index is 14.1. The first-order chi connectivity index (χ1) is 24.8. The van der Waals surface area contributed by atoms with Crippen LogP contribution in [-0.4, -0.2) is 103 Å². The fraction of sp³-hybridized carbons (Fsp3) is 0.579. The zero-order valence-electron chi connectivity index (χ0n) is 29.5. The monoisotopic (exact) mass is 756 g/mol. The summed E-state index contributed by atoms with van der Waals surface area (Å²) in [7, 11) is -2.84. The molecule has 1 saturated carbocycles. The summed E-state index contributed by atoms with van der Waals surface area (Å²) in [5.41, 5.74) is 0.0954. The number of anilines is 1. The molecule has 4 N–H and O–H groups in total. The molecule has 2 aromatic rings. The third-order valence-electron chi connectivity index (χ3n) is 12.0. The number of carbonyl (C=O) groups excluding carboxylic acids is 2. The number of aliphatic hydroxyl groups is 3. The first-order valence-electron chi connectivity index (χ1n) is 18.4. The number of hydrogen-bond acceptors (Lipinski definition) is 9. The predicted molar refractivity (Wildman–Crippen MR) is 196 cm³/mol. The normalized spacial score (nSPS) is 31.1. The predicted octanol–water partition coefficient (Wildman–Crippen LogP) is 3.01. The van der Waals surface area contributed by atoms with E-state index in [9.17, 15) is 33.3 Å². The average molecular weight is 757 g/mol. The summed E-state index contributed by atoms with van der Waals surface area (Å²) in [5.74, 6) is -1.05. The second-order valence-corrected chi connectivity index (χ2v) is 17.5. The van der Waals surface area contributed by atoms with Gasteiger partial charge < -0.3 is 29.9 Å². The molecule has 14 heteroatoms. The van der Waals surface area contributed by atoms with Gasteiger partial charge in [0.1, 0.15) is 5.75 Å². The Hall–Kier alpha value is -3.20. The molecule has 3 aliphatic heterocycles. The van der Waals surface area contributed by atoms with Crippen molar-refractivity contribution in [3.8, 4) is 5.75 Å². The van der Waals surface area contributed by atoms with Crippen molar-refractivity contribution in [3.63, 3.8) is 0 Å². The molecule has 52 heavy (non-hydrogen) atoms. The van der Waals surface area contributed by atoms with Gasteiger partial charge in [0, 0.05) is 50.2 Å². The summed E-state index contributed by atoms with van der Waals surface area (Å²) in [6.45, 7) is 1.83. The second kappa shape index (κ2) is 14.6. The van der Waals surface area contributed by atoms with Crippen LogP contribution >= 0.6 is 11.6 Å². The van der Waals surface area contributed by atoms with E-state index in [-0.39, 0.29) is 49.9 Å². The van der Waals surface area contributed by atoms with Crippen LogP contribution in [0.3, 0.4) is 0 Å². The molecule has 282 valence electrons. The molecular formula is C38H49ClN4O8S. The van der Waals surface area contributed by atoms with Crippen LogP contribution in [0.15, 0.2) is 48.6 Å². The summed E-state index contributed by atoms with van der Waals surface area (Å²) in [6.07, 6.45) is 7.10. The minimum atomic E-state index is -4.41. The zero-order chi connectivity index (χ0) is 36.8. The van der Waals surface area contributed by atoms with Gasteiger partial charge >= 0.3 is 10.2 Å². The number of rotatable bonds is 3. The van der Waals surface area contributed by atoms with Gasteiger partial charge in [0.2, 0.25) is 5.91 Å². The lowest BCUT2D eigenvalue weighted by atomic mass is 9.68. The van der Waals surface area contributed by atoms with Crippen molar-refractivity contribution < 1.29 is 38.1 Å². The molecule has 2 aromatic carbocycles. The van der Waals surface area contributed by atoms with Crippen molar-refractivity contribution in [2.24, 2.45) is 11.8 Å². The van der Waals surface area contributed by atoms with Gasteiger partial charge in [0.15, 0.2) is 5.60 Å². The Morgan fingerprint density at radius 1 is 1.06 bits per heavy atom. The molecule has 3 heterocycles. The smallest absolute Gasteiger partial charge is 0.303 e. The summed E-state index contributed by atoms with van der Waals surface area (Å²) in [4.78, 5) is 31.4. The third kappa shape index (κ3) is 7.20. The highest BCUT2D eigenvalue weighted by Crippen LogP contribution is 2.47. The standard InChI is InChI=1S/C38H49ClN4O8S/c1-41-16-3-2-6-33(45)30-10-7-26(30)22-42-23-37(15-4-5-25-19-28(39)9-11-31(25)37)24-51-34-12-8-27(20-32(34)42)38(48,21-35(41)46)36(47)40-52(49,50)43-17-13-29(44)14-18-43/h2,6,8-9,11-12,19-20,26,29-30,33,44-45,48H,3-5,7,10,13-18,21-24H2,1H3,(H,40,47)/b6-2+/t26-,30+,33-,37-,38?/m0/s1. The molecule has 1 spiro atoms. The number of benzene rings is 2. The van der Waals surface area contributed by atoms with Crippen molar-refractivity contribution >= 4 is 39.3 Å². The van der Waals surface area contributed by atoms with Gasteiger partial charge in [-0.3, -0.25) is 9.59 Å². The van der Waals surface area contributed by atoms with Gasteiger partial charge in [0.05, 0.1) is 30.9 Å². The molecule has 12 nitrogen and oxygen atoms in total. The maximum Gasteiger partial charge on any atom is 0.303 e. The van der Waals surface area contributed by atoms with E-state index in [0.29, 0.717) is 42.6 Å². The zero-order valence-corrected chi connectivity index (χ0v) is 31.1. The van der Waals surface area contributed by atoms with Gasteiger partial charge in [-0.05, 0) is 104 Å². The van der Waals surface area contributed by atoms with Crippen LogP contribution in [-0.2, 0) is 37.2 Å². The number of aliphatic hydroxyl groups excluding tert-OH is 2. The minimum Gasteiger partial charge on any atom is -0.490 e. The van der Waals surface area contributed by atoms with Crippen molar-refractivity contribution in [2.75, 3.05) is 51.3 Å². The number of nitrogens with zero attached hydrogens (tertiary/aromatic N) is 3. The summed E-state index contributed by atoms with van der Waals surface area (Å²) in [5, 5.41) is 34.2. The molecule has 0 aromatic heterocycles. The fourth-order valence-electron chi connectivity index (χ4n) is 8.71. The van der Waals surface area contributed by atoms with Crippen LogP contribution in [0.4, 0.5) is 5.69 Å². The fourth-order valence-corrected chi connectivity index (χ4v) is 10.1. The maximum absolute atomic E-state index is 14.1. The molecule has 2 amide bonds. The van der Waals surface area contributed by atoms with E-state index in [1.165, 1.54) is 22.1 Å². The van der Waals surface area contributed by atoms with Crippen molar-refractivity contribution in [1.29, 1.82) is 0 Å². The molecule has 0 radical (unpaired) electrons. The van der Waals surface area contributed by atoms with E-state index in [4.69, 9.17) is 16.3 Å². The third-order valence-corrected chi connectivity index (χ3v) is 13.8. The highest BCUT2D eigenvalue weighted by Gasteiger charge is 2.47. The van der Waals surface area contributed by atoms with Crippen molar-refractivity contribution in [1.82, 2.24) is 13.9 Å². The van der Waals surface area contributed by atoms with Gasteiger partial charge in [-0.1, -0.05) is 35.9 Å². The number of fused-ring (bicyclic) bond motifs is 4. The molecule has 7 rings (SSSR count). The van der Waals surface area contributed by atoms with Crippen molar-refractivity contribution in [2.45, 2.75) is 81.0 Å². The molecular weight excluding hydrogens is 708 g/mol. The Balaban J connectivity index is 1.31. The van der Waals surface area contributed by atoms with Crippen LogP contribution < -0.4 is 14.4 Å². The number of ether oxygens (including phenoxy) is 1. The van der Waals surface area contributed by atoms with Crippen LogP contribution in [0.1, 0.15) is 68.1 Å². The van der Waals surface area contributed by atoms with E-state index in [2.05, 4.69) is 15.7 Å². The number of hydrogen-bond donors (Lipinski definition) is 4. The highest BCUT2D eigenvalue weighted by atomic mass is 35.5.